The number of esters is 1. The van der Waals surface area contributed by atoms with E-state index in [0.717, 1.165) is 17.0 Å². The van der Waals surface area contributed by atoms with E-state index in [-0.39, 0.29) is 31.6 Å². The van der Waals surface area contributed by atoms with Crippen molar-refractivity contribution in [3.05, 3.63) is 35.4 Å². The first-order valence-corrected chi connectivity index (χ1v) is 8.48. The molecule has 1 aliphatic heterocycles. The third-order valence-corrected chi connectivity index (χ3v) is 4.53. The largest absolute Gasteiger partial charge is 0.466 e. The molecule has 1 saturated heterocycles. The number of piperidine rings is 1. The lowest BCUT2D eigenvalue weighted by Gasteiger charge is -2.37. The molecular weight excluding hydrogens is 367 g/mol. The number of amides is 1. The Morgan fingerprint density at radius 1 is 1.30 bits per heavy atom. The van der Waals surface area contributed by atoms with E-state index < -0.39 is 48.0 Å². The Hall–Kier alpha value is -2.58. The molecule has 0 bridgehead atoms. The Labute approximate surface area is 153 Å². The van der Waals surface area contributed by atoms with Crippen molar-refractivity contribution >= 4 is 17.8 Å². The van der Waals surface area contributed by atoms with Crippen molar-refractivity contribution in [2.24, 2.45) is 5.92 Å². The first-order chi connectivity index (χ1) is 12.6. The second-order valence-electron chi connectivity index (χ2n) is 6.28. The number of alkyl halides is 3. The third kappa shape index (κ3) is 5.21. The highest BCUT2D eigenvalue weighted by Gasteiger charge is 2.37. The van der Waals surface area contributed by atoms with Crippen LogP contribution in [0.25, 0.3) is 0 Å². The van der Waals surface area contributed by atoms with E-state index in [1.807, 2.05) is 0 Å². The lowest BCUT2D eigenvalue weighted by atomic mass is 9.83. The topological polar surface area (TPSA) is 83.9 Å². The van der Waals surface area contributed by atoms with Crippen LogP contribution < -0.4 is 0 Å². The molecule has 0 radical (unpaired) electrons. The molecule has 1 aromatic rings. The zero-order valence-electron chi connectivity index (χ0n) is 14.7. The van der Waals surface area contributed by atoms with E-state index in [4.69, 9.17) is 4.74 Å². The van der Waals surface area contributed by atoms with Crippen LogP contribution in [-0.2, 0) is 20.5 Å². The number of hydrogen-bond donors (Lipinski definition) is 1. The summed E-state index contributed by atoms with van der Waals surface area (Å²) in [5.41, 5.74) is -0.717. The first kappa shape index (κ1) is 20.7. The SMILES string of the molecule is CCOC(=O)CC(=O)[C@@H]1CCN(C(=O)O)[C@@H](c2cccc(C(F)(F)F)c2)C1. The maximum Gasteiger partial charge on any atom is 0.416 e. The van der Waals surface area contributed by atoms with E-state index in [1.165, 1.54) is 12.1 Å². The van der Waals surface area contributed by atoms with Crippen molar-refractivity contribution in [2.45, 2.75) is 38.4 Å². The number of carboxylic acid groups (broad SMARTS) is 1. The molecule has 9 heteroatoms. The van der Waals surface area contributed by atoms with Crippen LogP contribution in [0.2, 0.25) is 0 Å². The van der Waals surface area contributed by atoms with Crippen molar-refractivity contribution in [3.63, 3.8) is 0 Å². The molecule has 27 heavy (non-hydrogen) atoms. The van der Waals surface area contributed by atoms with E-state index in [2.05, 4.69) is 0 Å². The molecule has 1 fully saturated rings. The maximum atomic E-state index is 13.0. The fourth-order valence-corrected chi connectivity index (χ4v) is 3.22. The Morgan fingerprint density at radius 3 is 2.59 bits per heavy atom. The molecule has 0 saturated carbocycles. The monoisotopic (exact) mass is 387 g/mol. The molecule has 1 aliphatic rings. The first-order valence-electron chi connectivity index (χ1n) is 8.48. The summed E-state index contributed by atoms with van der Waals surface area (Å²) in [6, 6.07) is 3.53. The molecule has 1 heterocycles. The number of ketones is 1. The molecule has 1 N–H and O–H groups in total. The number of nitrogens with zero attached hydrogens (tertiary/aromatic N) is 1. The maximum absolute atomic E-state index is 13.0. The van der Waals surface area contributed by atoms with E-state index in [0.29, 0.717) is 0 Å². The third-order valence-electron chi connectivity index (χ3n) is 4.53. The predicted molar refractivity (Wildman–Crippen MR) is 87.9 cm³/mol. The predicted octanol–water partition coefficient (Wildman–Crippen LogP) is 3.66. The van der Waals surface area contributed by atoms with Crippen LogP contribution in [0.4, 0.5) is 18.0 Å². The van der Waals surface area contributed by atoms with Gasteiger partial charge in [0.05, 0.1) is 18.2 Å². The fraction of sp³-hybridized carbons (Fsp3) is 0.500. The number of ether oxygens (including phenoxy) is 1. The Balaban J connectivity index is 2.24. The minimum absolute atomic E-state index is 0.00449. The summed E-state index contributed by atoms with van der Waals surface area (Å²) in [5, 5.41) is 9.38. The van der Waals surface area contributed by atoms with Gasteiger partial charge in [-0.25, -0.2) is 4.79 Å². The van der Waals surface area contributed by atoms with Gasteiger partial charge in [-0.15, -0.1) is 0 Å². The molecule has 6 nitrogen and oxygen atoms in total. The van der Waals surface area contributed by atoms with Crippen LogP contribution in [0.5, 0.6) is 0 Å². The number of Topliss-reactive ketones (excluding diaryl/α,β-unsaturated/α-hetero) is 1. The van der Waals surface area contributed by atoms with Gasteiger partial charge in [-0.1, -0.05) is 12.1 Å². The molecule has 0 aromatic heterocycles. The van der Waals surface area contributed by atoms with Gasteiger partial charge in [0.2, 0.25) is 0 Å². The van der Waals surface area contributed by atoms with Crippen molar-refractivity contribution in [2.75, 3.05) is 13.2 Å². The van der Waals surface area contributed by atoms with Crippen molar-refractivity contribution in [1.29, 1.82) is 0 Å². The van der Waals surface area contributed by atoms with Crippen LogP contribution in [0.15, 0.2) is 24.3 Å². The smallest absolute Gasteiger partial charge is 0.416 e. The number of rotatable bonds is 5. The second-order valence-corrected chi connectivity index (χ2v) is 6.28. The average molecular weight is 387 g/mol. The molecule has 0 spiro atoms. The Bertz CT molecular complexity index is 719. The van der Waals surface area contributed by atoms with Crippen LogP contribution in [-0.4, -0.2) is 41.0 Å². The summed E-state index contributed by atoms with van der Waals surface area (Å²) in [4.78, 5) is 36.4. The Morgan fingerprint density at radius 2 is 2.00 bits per heavy atom. The fourth-order valence-electron chi connectivity index (χ4n) is 3.22. The number of benzene rings is 1. The van der Waals surface area contributed by atoms with Gasteiger partial charge in [-0.05, 0) is 37.5 Å². The zero-order valence-corrected chi connectivity index (χ0v) is 14.7. The lowest BCUT2D eigenvalue weighted by molar-refractivity contribution is -0.147. The summed E-state index contributed by atoms with van der Waals surface area (Å²) in [6.45, 7) is 1.74. The zero-order chi connectivity index (χ0) is 20.2. The highest BCUT2D eigenvalue weighted by atomic mass is 19.4. The van der Waals surface area contributed by atoms with Gasteiger partial charge in [0.25, 0.3) is 0 Å². The minimum atomic E-state index is -4.56. The summed E-state index contributed by atoms with van der Waals surface area (Å²) in [5.74, 6) is -1.68. The van der Waals surface area contributed by atoms with Gasteiger partial charge in [0.1, 0.15) is 12.2 Å². The van der Waals surface area contributed by atoms with E-state index in [1.54, 1.807) is 6.92 Å². The highest BCUT2D eigenvalue weighted by molar-refractivity contribution is 5.96. The molecular formula is C18H20F3NO5. The normalized spacial score (nSPS) is 20.2. The quantitative estimate of drug-likeness (QED) is 0.616. The highest BCUT2D eigenvalue weighted by Crippen LogP contribution is 2.37. The van der Waals surface area contributed by atoms with Crippen LogP contribution in [0, 0.1) is 5.92 Å². The van der Waals surface area contributed by atoms with E-state index in [9.17, 15) is 32.7 Å². The number of hydrogen-bond acceptors (Lipinski definition) is 4. The van der Waals surface area contributed by atoms with Gasteiger partial charge in [-0.2, -0.15) is 13.2 Å². The minimum Gasteiger partial charge on any atom is -0.466 e. The summed E-state index contributed by atoms with van der Waals surface area (Å²) in [6.07, 6.45) is -6.03. The number of halogens is 3. The van der Waals surface area contributed by atoms with Gasteiger partial charge >= 0.3 is 18.2 Å². The molecule has 1 amide bonds. The molecule has 0 aliphatic carbocycles. The van der Waals surface area contributed by atoms with Crippen LogP contribution in [0.1, 0.15) is 43.4 Å². The molecule has 2 rings (SSSR count). The molecule has 1 aromatic carbocycles. The molecule has 148 valence electrons. The van der Waals surface area contributed by atoms with E-state index >= 15 is 0 Å². The standard InChI is InChI=1S/C18H20F3NO5/c1-2-27-16(24)10-15(23)12-6-7-22(17(25)26)14(9-12)11-4-3-5-13(8-11)18(19,20)21/h3-5,8,12,14H,2,6-7,9-10H2,1H3,(H,25,26)/t12-,14-/m1/s1. The summed E-state index contributed by atoms with van der Waals surface area (Å²) in [7, 11) is 0. The van der Waals surface area contributed by atoms with Crippen molar-refractivity contribution in [1.82, 2.24) is 4.90 Å². The molecule has 2 atom stereocenters. The summed E-state index contributed by atoms with van der Waals surface area (Å²) < 4.78 is 43.7. The van der Waals surface area contributed by atoms with Crippen molar-refractivity contribution < 1.29 is 37.4 Å². The second kappa shape index (κ2) is 8.41. The number of carbonyl (C=O) groups excluding carboxylic acids is 2. The van der Waals surface area contributed by atoms with Crippen LogP contribution in [0.3, 0.4) is 0 Å². The van der Waals surface area contributed by atoms with Crippen LogP contribution >= 0.6 is 0 Å². The van der Waals surface area contributed by atoms with Gasteiger partial charge in [0, 0.05) is 12.5 Å². The Kier molecular flexibility index (Phi) is 6.45. The van der Waals surface area contributed by atoms with Crippen molar-refractivity contribution in [3.8, 4) is 0 Å². The number of carbonyl (C=O) groups is 3. The summed E-state index contributed by atoms with van der Waals surface area (Å²) >= 11 is 0. The molecule has 0 unspecified atom stereocenters. The number of likely N-dealkylation sites (tertiary alicyclic amines) is 1. The lowest BCUT2D eigenvalue weighted by Crippen LogP contribution is -2.42. The van der Waals surface area contributed by atoms with Gasteiger partial charge in [0.15, 0.2) is 0 Å². The van der Waals surface area contributed by atoms with Gasteiger partial charge in [-0.3, -0.25) is 9.59 Å². The van der Waals surface area contributed by atoms with Gasteiger partial charge < -0.3 is 14.7 Å². The average Bonchev–Trinajstić information content (AvgIpc) is 2.60.